The van der Waals surface area contributed by atoms with Crippen LogP contribution in [0.2, 0.25) is 5.02 Å². The Labute approximate surface area is 250 Å². The van der Waals surface area contributed by atoms with E-state index in [1.54, 1.807) is 18.2 Å². The SMILES string of the molecule is CN(C)CCC=C1c2ccccc2Sc2ccc(Cl)cc21.COc1ccc(C(=O)c2ccccc2O)c(O)c1.Cl. The number of carbonyl (C=O) groups excluding carboxylic acids is 1. The molecule has 40 heavy (non-hydrogen) atoms. The van der Waals surface area contributed by atoms with E-state index in [0.717, 1.165) is 18.0 Å². The van der Waals surface area contributed by atoms with Gasteiger partial charge >= 0.3 is 0 Å². The summed E-state index contributed by atoms with van der Waals surface area (Å²) in [7, 11) is 5.68. The van der Waals surface area contributed by atoms with E-state index >= 15 is 0 Å². The molecule has 8 heteroatoms. The van der Waals surface area contributed by atoms with E-state index < -0.39 is 5.78 Å². The second-order valence-electron chi connectivity index (χ2n) is 9.18. The number of nitrogens with zero attached hydrogens (tertiary/aromatic N) is 1. The molecule has 0 saturated heterocycles. The van der Waals surface area contributed by atoms with Crippen molar-refractivity contribution < 1.29 is 19.7 Å². The molecule has 0 aliphatic carbocycles. The number of methoxy groups -OCH3 is 1. The van der Waals surface area contributed by atoms with Crippen molar-refractivity contribution in [3.05, 3.63) is 118 Å². The van der Waals surface area contributed by atoms with Crippen LogP contribution in [0, 0.1) is 0 Å². The highest BCUT2D eigenvalue weighted by atomic mass is 35.5. The van der Waals surface area contributed by atoms with Gasteiger partial charge in [-0.15, -0.1) is 12.4 Å². The number of aromatic hydroxyl groups is 2. The van der Waals surface area contributed by atoms with Crippen molar-refractivity contribution in [2.24, 2.45) is 0 Å². The maximum Gasteiger partial charge on any atom is 0.200 e. The van der Waals surface area contributed by atoms with Crippen LogP contribution < -0.4 is 4.74 Å². The van der Waals surface area contributed by atoms with Gasteiger partial charge in [0.05, 0.1) is 18.2 Å². The number of rotatable bonds is 6. The Hall–Kier alpha value is -3.42. The van der Waals surface area contributed by atoms with Crippen molar-refractivity contribution in [3.63, 3.8) is 0 Å². The van der Waals surface area contributed by atoms with Gasteiger partial charge in [-0.3, -0.25) is 4.79 Å². The first-order valence-electron chi connectivity index (χ1n) is 12.4. The van der Waals surface area contributed by atoms with Crippen LogP contribution in [0.4, 0.5) is 0 Å². The molecule has 5 rings (SSSR count). The van der Waals surface area contributed by atoms with Crippen LogP contribution in [-0.4, -0.2) is 48.6 Å². The molecule has 1 heterocycles. The monoisotopic (exact) mass is 595 g/mol. The van der Waals surface area contributed by atoms with Crippen molar-refractivity contribution in [2.45, 2.75) is 16.2 Å². The number of ketones is 1. The molecule has 1 aliphatic rings. The second kappa shape index (κ2) is 14.3. The molecule has 0 bridgehead atoms. The van der Waals surface area contributed by atoms with Crippen molar-refractivity contribution in [3.8, 4) is 17.2 Å². The molecule has 0 aromatic heterocycles. The molecule has 208 valence electrons. The Bertz CT molecular complexity index is 1520. The lowest BCUT2D eigenvalue weighted by atomic mass is 9.96. The van der Waals surface area contributed by atoms with Crippen LogP contribution in [0.3, 0.4) is 0 Å². The maximum atomic E-state index is 12.1. The Kier molecular flexibility index (Phi) is 11.1. The lowest BCUT2D eigenvalue weighted by Gasteiger charge is -2.22. The Morgan fingerprint density at radius 1 is 0.875 bits per heavy atom. The normalized spacial score (nSPS) is 12.5. The Morgan fingerprint density at radius 2 is 1.55 bits per heavy atom. The topological polar surface area (TPSA) is 70.0 Å². The number of ether oxygens (including phenoxy) is 1. The number of para-hydroxylation sites is 1. The number of phenols is 2. The maximum absolute atomic E-state index is 12.1. The minimum Gasteiger partial charge on any atom is -0.507 e. The fourth-order valence-electron chi connectivity index (χ4n) is 4.17. The summed E-state index contributed by atoms with van der Waals surface area (Å²) in [6, 6.07) is 25.4. The van der Waals surface area contributed by atoms with E-state index in [9.17, 15) is 15.0 Å². The molecule has 4 aromatic carbocycles. The number of phenolic OH excluding ortho intramolecular Hbond substituents is 2. The molecule has 0 fully saturated rings. The molecule has 2 N–H and O–H groups in total. The van der Waals surface area contributed by atoms with Gasteiger partial charge < -0.3 is 19.8 Å². The summed E-state index contributed by atoms with van der Waals surface area (Å²) in [5.41, 5.74) is 4.15. The molecule has 0 unspecified atom stereocenters. The first kappa shape index (κ1) is 31.1. The minimum atomic E-state index is -0.437. The molecule has 0 saturated carbocycles. The molecular weight excluding hydrogens is 565 g/mol. The fourth-order valence-corrected chi connectivity index (χ4v) is 5.43. The zero-order valence-electron chi connectivity index (χ0n) is 22.4. The van der Waals surface area contributed by atoms with Crippen LogP contribution in [0.25, 0.3) is 5.57 Å². The Morgan fingerprint density at radius 3 is 2.25 bits per heavy atom. The lowest BCUT2D eigenvalue weighted by Crippen LogP contribution is -2.12. The predicted molar refractivity (Wildman–Crippen MR) is 166 cm³/mol. The molecule has 5 nitrogen and oxygen atoms in total. The highest BCUT2D eigenvalue weighted by Gasteiger charge is 2.20. The third kappa shape index (κ3) is 7.40. The van der Waals surface area contributed by atoms with Crippen LogP contribution in [0.5, 0.6) is 17.2 Å². The molecule has 0 amide bonds. The second-order valence-corrected chi connectivity index (χ2v) is 10.7. The van der Waals surface area contributed by atoms with E-state index in [0.29, 0.717) is 5.75 Å². The smallest absolute Gasteiger partial charge is 0.200 e. The third-order valence-electron chi connectivity index (χ3n) is 6.15. The van der Waals surface area contributed by atoms with Gasteiger partial charge in [0.2, 0.25) is 0 Å². The summed E-state index contributed by atoms with van der Waals surface area (Å²) in [5.74, 6) is -0.269. The quantitative estimate of drug-likeness (QED) is 0.194. The molecule has 0 radical (unpaired) electrons. The van der Waals surface area contributed by atoms with E-state index in [-0.39, 0.29) is 35.0 Å². The van der Waals surface area contributed by atoms with Crippen LogP contribution in [0.1, 0.15) is 33.5 Å². The largest absolute Gasteiger partial charge is 0.507 e. The average molecular weight is 597 g/mol. The third-order valence-corrected chi connectivity index (χ3v) is 7.54. The van der Waals surface area contributed by atoms with Gasteiger partial charge in [0.25, 0.3) is 0 Å². The zero-order chi connectivity index (χ0) is 27.9. The number of hydrogen-bond donors (Lipinski definition) is 2. The van der Waals surface area contributed by atoms with E-state index in [4.69, 9.17) is 16.3 Å². The van der Waals surface area contributed by atoms with Gasteiger partial charge in [-0.05, 0) is 85.7 Å². The van der Waals surface area contributed by atoms with E-state index in [2.05, 4.69) is 61.5 Å². The summed E-state index contributed by atoms with van der Waals surface area (Å²) < 4.78 is 4.94. The summed E-state index contributed by atoms with van der Waals surface area (Å²) in [6.45, 7) is 1.05. The summed E-state index contributed by atoms with van der Waals surface area (Å²) in [5, 5.41) is 20.2. The van der Waals surface area contributed by atoms with Crippen molar-refractivity contribution >= 4 is 47.1 Å². The minimum absolute atomic E-state index is 0. The van der Waals surface area contributed by atoms with Gasteiger partial charge in [-0.1, -0.05) is 59.8 Å². The Balaban J connectivity index is 0.000000218. The predicted octanol–water partition coefficient (Wildman–Crippen LogP) is 7.95. The van der Waals surface area contributed by atoms with Gasteiger partial charge in [0.1, 0.15) is 17.2 Å². The first-order valence-corrected chi connectivity index (χ1v) is 13.6. The molecular formula is C32H31Cl2NO4S. The average Bonchev–Trinajstić information content (AvgIpc) is 2.93. The number of halogens is 2. The standard InChI is InChI=1S/C18H18ClNS.C14H12O4.ClH/c1-20(2)11-5-7-14-15-6-3-4-8-17(15)21-18-10-9-13(19)12-16(14)18;1-18-9-6-7-11(13(16)8-9)14(17)10-4-2-3-5-12(10)15;/h3-4,6-10,12H,5,11H2,1-2H3;2-8,15-16H,1H3;1H. The van der Waals surface area contributed by atoms with Crippen LogP contribution in [0.15, 0.2) is 101 Å². The van der Waals surface area contributed by atoms with Crippen molar-refractivity contribution in [1.29, 1.82) is 0 Å². The number of benzene rings is 4. The van der Waals surface area contributed by atoms with Crippen LogP contribution in [-0.2, 0) is 0 Å². The van der Waals surface area contributed by atoms with Crippen molar-refractivity contribution in [1.82, 2.24) is 4.90 Å². The molecule has 4 aromatic rings. The highest BCUT2D eigenvalue weighted by molar-refractivity contribution is 7.99. The van der Waals surface area contributed by atoms with Gasteiger partial charge in [-0.25, -0.2) is 0 Å². The molecule has 1 aliphatic heterocycles. The van der Waals surface area contributed by atoms with Crippen LogP contribution >= 0.6 is 35.8 Å². The summed E-state index contributed by atoms with van der Waals surface area (Å²) in [6.07, 6.45) is 3.38. The van der Waals surface area contributed by atoms with E-state index in [1.807, 2.05) is 17.8 Å². The first-order chi connectivity index (χ1) is 18.8. The van der Waals surface area contributed by atoms with Gasteiger partial charge in [-0.2, -0.15) is 0 Å². The summed E-state index contributed by atoms with van der Waals surface area (Å²) in [4.78, 5) is 16.9. The molecule has 0 spiro atoms. The van der Waals surface area contributed by atoms with E-state index in [1.165, 1.54) is 57.9 Å². The molecule has 0 atom stereocenters. The summed E-state index contributed by atoms with van der Waals surface area (Å²) >= 11 is 8.03. The number of hydrogen-bond acceptors (Lipinski definition) is 6. The fraction of sp³-hybridized carbons (Fsp3) is 0.156. The highest BCUT2D eigenvalue weighted by Crippen LogP contribution is 2.46. The van der Waals surface area contributed by atoms with Gasteiger partial charge in [0, 0.05) is 27.4 Å². The number of fused-ring (bicyclic) bond motifs is 2. The van der Waals surface area contributed by atoms with Crippen molar-refractivity contribution in [2.75, 3.05) is 27.7 Å². The zero-order valence-corrected chi connectivity index (χ0v) is 24.8. The number of carbonyl (C=O) groups is 1. The lowest BCUT2D eigenvalue weighted by molar-refractivity contribution is 0.103. The van der Waals surface area contributed by atoms with Gasteiger partial charge in [0.15, 0.2) is 5.78 Å².